The van der Waals surface area contributed by atoms with Crippen LogP contribution >= 0.6 is 0 Å². The third kappa shape index (κ3) is 5.33. The molecule has 1 saturated heterocycles. The number of halogens is 1. The molecular weight excluding hydrogens is 417 g/mol. The smallest absolute Gasteiger partial charge is 0.271 e. The number of carbonyl (C=O) groups is 1. The van der Waals surface area contributed by atoms with Gasteiger partial charge in [0.05, 0.1) is 10.8 Å². The number of nitro benzene ring substituents is 1. The Morgan fingerprint density at radius 3 is 2.94 bits per heavy atom. The SMILES string of the molecule is O=C(CCN1CCCC(c2nc(-c3cccc(F)c3)no2)C1)Nc1cccc([N+](=O)[O-])c1. The van der Waals surface area contributed by atoms with Crippen LogP contribution in [0.3, 0.4) is 0 Å². The number of likely N-dealkylation sites (tertiary alicyclic amines) is 1. The summed E-state index contributed by atoms with van der Waals surface area (Å²) in [5.74, 6) is 0.334. The van der Waals surface area contributed by atoms with E-state index in [1.165, 1.54) is 30.3 Å². The molecule has 4 rings (SSSR count). The molecule has 0 bridgehead atoms. The van der Waals surface area contributed by atoms with Crippen molar-refractivity contribution >= 4 is 17.3 Å². The lowest BCUT2D eigenvalue weighted by atomic mass is 9.98. The van der Waals surface area contributed by atoms with Crippen LogP contribution in [0, 0.1) is 15.9 Å². The summed E-state index contributed by atoms with van der Waals surface area (Å²) in [5.41, 5.74) is 0.890. The second kappa shape index (κ2) is 9.65. The van der Waals surface area contributed by atoms with Crippen LogP contribution in [-0.2, 0) is 4.79 Å². The predicted octanol–water partition coefficient (Wildman–Crippen LogP) is 3.99. The van der Waals surface area contributed by atoms with Crippen molar-refractivity contribution in [2.45, 2.75) is 25.2 Å². The summed E-state index contributed by atoms with van der Waals surface area (Å²) >= 11 is 0. The molecule has 10 heteroatoms. The van der Waals surface area contributed by atoms with Gasteiger partial charge in [-0.1, -0.05) is 23.4 Å². The molecule has 1 aliphatic rings. The number of nitro groups is 1. The highest BCUT2D eigenvalue weighted by Gasteiger charge is 2.26. The molecule has 1 amide bonds. The van der Waals surface area contributed by atoms with Gasteiger partial charge in [0, 0.05) is 42.9 Å². The minimum Gasteiger partial charge on any atom is -0.339 e. The maximum Gasteiger partial charge on any atom is 0.271 e. The van der Waals surface area contributed by atoms with Crippen molar-refractivity contribution < 1.29 is 18.6 Å². The molecule has 166 valence electrons. The van der Waals surface area contributed by atoms with E-state index in [9.17, 15) is 19.3 Å². The maximum absolute atomic E-state index is 13.5. The number of nitrogens with zero attached hydrogens (tertiary/aromatic N) is 4. The maximum atomic E-state index is 13.5. The highest BCUT2D eigenvalue weighted by atomic mass is 19.1. The van der Waals surface area contributed by atoms with E-state index in [1.54, 1.807) is 18.2 Å². The first-order valence-electron chi connectivity index (χ1n) is 10.3. The van der Waals surface area contributed by atoms with Gasteiger partial charge in [-0.3, -0.25) is 14.9 Å². The van der Waals surface area contributed by atoms with E-state index >= 15 is 0 Å². The number of amides is 1. The zero-order valence-electron chi connectivity index (χ0n) is 17.2. The number of non-ortho nitro benzene ring substituents is 1. The number of benzene rings is 2. The van der Waals surface area contributed by atoms with E-state index in [-0.39, 0.29) is 29.8 Å². The van der Waals surface area contributed by atoms with Gasteiger partial charge in [-0.25, -0.2) is 4.39 Å². The Bertz CT molecular complexity index is 1120. The van der Waals surface area contributed by atoms with Gasteiger partial charge in [0.1, 0.15) is 5.82 Å². The van der Waals surface area contributed by atoms with Gasteiger partial charge in [-0.05, 0) is 37.6 Å². The topological polar surface area (TPSA) is 114 Å². The van der Waals surface area contributed by atoms with Crippen molar-refractivity contribution in [2.75, 3.05) is 25.0 Å². The van der Waals surface area contributed by atoms with Gasteiger partial charge in [0.25, 0.3) is 5.69 Å². The largest absolute Gasteiger partial charge is 0.339 e. The quantitative estimate of drug-likeness (QED) is 0.437. The van der Waals surface area contributed by atoms with E-state index in [1.807, 2.05) is 0 Å². The van der Waals surface area contributed by atoms with Crippen LogP contribution < -0.4 is 5.32 Å². The van der Waals surface area contributed by atoms with Crippen molar-refractivity contribution in [3.05, 3.63) is 70.4 Å². The third-order valence-corrected chi connectivity index (χ3v) is 5.38. The van der Waals surface area contributed by atoms with E-state index in [0.29, 0.717) is 36.1 Å². The monoisotopic (exact) mass is 439 g/mol. The molecule has 1 fully saturated rings. The minimum absolute atomic E-state index is 0.0402. The highest BCUT2D eigenvalue weighted by Crippen LogP contribution is 2.28. The summed E-state index contributed by atoms with van der Waals surface area (Å²) in [6, 6.07) is 11.9. The first-order valence-corrected chi connectivity index (χ1v) is 10.3. The molecule has 2 heterocycles. The first-order chi connectivity index (χ1) is 15.5. The minimum atomic E-state index is -0.499. The molecule has 1 atom stereocenters. The average Bonchev–Trinajstić information content (AvgIpc) is 3.29. The number of hydrogen-bond acceptors (Lipinski definition) is 7. The summed E-state index contributed by atoms with van der Waals surface area (Å²) in [6.07, 6.45) is 2.07. The van der Waals surface area contributed by atoms with Crippen LogP contribution in [-0.4, -0.2) is 45.5 Å². The molecule has 3 aromatic rings. The van der Waals surface area contributed by atoms with Gasteiger partial charge in [0.15, 0.2) is 0 Å². The number of nitrogens with one attached hydrogen (secondary N) is 1. The molecule has 9 nitrogen and oxygen atoms in total. The van der Waals surface area contributed by atoms with Crippen LogP contribution in [0.25, 0.3) is 11.4 Å². The Morgan fingerprint density at radius 2 is 2.12 bits per heavy atom. The molecule has 32 heavy (non-hydrogen) atoms. The van der Waals surface area contributed by atoms with Crippen LogP contribution in [0.15, 0.2) is 53.1 Å². The average molecular weight is 439 g/mol. The summed E-state index contributed by atoms with van der Waals surface area (Å²) in [5, 5.41) is 17.6. The summed E-state index contributed by atoms with van der Waals surface area (Å²) in [4.78, 5) is 29.3. The van der Waals surface area contributed by atoms with E-state index < -0.39 is 4.92 Å². The molecular formula is C22H22FN5O4. The fourth-order valence-electron chi connectivity index (χ4n) is 3.79. The molecule has 0 radical (unpaired) electrons. The molecule has 0 spiro atoms. The zero-order valence-corrected chi connectivity index (χ0v) is 17.2. The second-order valence-corrected chi connectivity index (χ2v) is 7.71. The van der Waals surface area contributed by atoms with Crippen molar-refractivity contribution in [3.8, 4) is 11.4 Å². The lowest BCUT2D eigenvalue weighted by Gasteiger charge is -2.30. The molecule has 0 saturated carbocycles. The van der Waals surface area contributed by atoms with Gasteiger partial charge >= 0.3 is 0 Å². The van der Waals surface area contributed by atoms with E-state index in [2.05, 4.69) is 20.4 Å². The van der Waals surface area contributed by atoms with Gasteiger partial charge in [-0.2, -0.15) is 4.98 Å². The molecule has 0 aliphatic carbocycles. The predicted molar refractivity (Wildman–Crippen MR) is 114 cm³/mol. The molecule has 2 aromatic carbocycles. The van der Waals surface area contributed by atoms with Crippen molar-refractivity contribution in [1.82, 2.24) is 15.0 Å². The number of rotatable bonds is 7. The van der Waals surface area contributed by atoms with E-state index in [0.717, 1.165) is 19.4 Å². The first kappa shape index (κ1) is 21.6. The lowest BCUT2D eigenvalue weighted by Crippen LogP contribution is -2.36. The molecule has 1 aromatic heterocycles. The van der Waals surface area contributed by atoms with Crippen molar-refractivity contribution in [3.63, 3.8) is 0 Å². The number of aromatic nitrogens is 2. The Balaban J connectivity index is 1.31. The van der Waals surface area contributed by atoms with Gasteiger partial charge in [0.2, 0.25) is 17.6 Å². The third-order valence-electron chi connectivity index (χ3n) is 5.38. The molecule has 1 N–H and O–H groups in total. The number of carbonyl (C=O) groups excluding carboxylic acids is 1. The second-order valence-electron chi connectivity index (χ2n) is 7.71. The fraction of sp³-hybridized carbons (Fsp3) is 0.318. The van der Waals surface area contributed by atoms with E-state index in [4.69, 9.17) is 4.52 Å². The summed E-state index contributed by atoms with van der Waals surface area (Å²) in [6.45, 7) is 2.07. The van der Waals surface area contributed by atoms with Crippen LogP contribution in [0.4, 0.5) is 15.8 Å². The fourth-order valence-corrected chi connectivity index (χ4v) is 3.79. The zero-order chi connectivity index (χ0) is 22.5. The lowest BCUT2D eigenvalue weighted by molar-refractivity contribution is -0.384. The number of hydrogen-bond donors (Lipinski definition) is 1. The number of anilines is 1. The Labute approximate surface area is 183 Å². The standard InChI is InChI=1S/C22H22FN5O4/c23-17-6-1-4-15(12-17)21-25-22(32-26-21)16-5-3-10-27(14-16)11-9-20(29)24-18-7-2-8-19(13-18)28(30)31/h1-2,4,6-8,12-13,16H,3,5,9-11,14H2,(H,24,29). The summed E-state index contributed by atoms with van der Waals surface area (Å²) in [7, 11) is 0. The van der Waals surface area contributed by atoms with Crippen LogP contribution in [0.5, 0.6) is 0 Å². The van der Waals surface area contributed by atoms with Crippen LogP contribution in [0.2, 0.25) is 0 Å². The summed E-state index contributed by atoms with van der Waals surface area (Å²) < 4.78 is 18.9. The van der Waals surface area contributed by atoms with Gasteiger partial charge < -0.3 is 14.7 Å². The Morgan fingerprint density at radius 1 is 1.28 bits per heavy atom. The van der Waals surface area contributed by atoms with Crippen molar-refractivity contribution in [2.24, 2.45) is 0 Å². The Kier molecular flexibility index (Phi) is 6.50. The van der Waals surface area contributed by atoms with Gasteiger partial charge in [-0.15, -0.1) is 0 Å². The van der Waals surface area contributed by atoms with Crippen LogP contribution in [0.1, 0.15) is 31.1 Å². The van der Waals surface area contributed by atoms with Crippen molar-refractivity contribution in [1.29, 1.82) is 0 Å². The normalized spacial score (nSPS) is 16.6. The number of piperidine rings is 1. The Hall–Kier alpha value is -3.66. The highest BCUT2D eigenvalue weighted by molar-refractivity contribution is 5.91. The molecule has 1 unspecified atom stereocenters. The molecule has 1 aliphatic heterocycles.